The van der Waals surface area contributed by atoms with Gasteiger partial charge in [-0.3, -0.25) is 14.5 Å². The van der Waals surface area contributed by atoms with Crippen molar-refractivity contribution in [1.29, 1.82) is 0 Å². The molecule has 1 aliphatic heterocycles. The number of H-pyrrole nitrogens is 1. The molecule has 2 N–H and O–H groups in total. The van der Waals surface area contributed by atoms with Gasteiger partial charge in [-0.2, -0.15) is 9.40 Å². The number of hydrogen-bond donors (Lipinski definition) is 2. The molecule has 41 heavy (non-hydrogen) atoms. The van der Waals surface area contributed by atoms with Crippen LogP contribution in [0, 0.1) is 0 Å². The average Bonchev–Trinajstić information content (AvgIpc) is 3.35. The maximum absolute atomic E-state index is 13.6. The van der Waals surface area contributed by atoms with Crippen LogP contribution in [0.3, 0.4) is 0 Å². The molecule has 13 heteroatoms. The van der Waals surface area contributed by atoms with Gasteiger partial charge in [-0.15, -0.1) is 0 Å². The molecule has 4 aromatic heterocycles. The number of nitrogens with one attached hydrogen (secondary N) is 1. The van der Waals surface area contributed by atoms with Gasteiger partial charge >= 0.3 is 0 Å². The van der Waals surface area contributed by atoms with E-state index in [9.17, 15) is 18.3 Å². The molecule has 0 spiro atoms. The third-order valence-electron chi connectivity index (χ3n) is 7.30. The molecule has 5 rings (SSSR count). The molecule has 1 fully saturated rings. The minimum absolute atomic E-state index is 0.0227. The van der Waals surface area contributed by atoms with Crippen molar-refractivity contribution < 1.29 is 18.3 Å². The quantitative estimate of drug-likeness (QED) is 0.254. The summed E-state index contributed by atoms with van der Waals surface area (Å²) in [5.74, 6) is 0.169. The number of sulfonamides is 1. The van der Waals surface area contributed by atoms with Crippen LogP contribution in [0.15, 0.2) is 52.4 Å². The molecule has 0 aliphatic carbocycles. The van der Waals surface area contributed by atoms with E-state index in [1.165, 1.54) is 16.6 Å². The highest BCUT2D eigenvalue weighted by Crippen LogP contribution is 2.32. The number of ether oxygens (including phenoxy) is 1. The van der Waals surface area contributed by atoms with Crippen LogP contribution in [-0.2, 0) is 23.0 Å². The fraction of sp³-hybridized carbons (Fsp3) is 0.429. The number of hydrogen-bond acceptors (Lipinski definition) is 9. The predicted molar refractivity (Wildman–Crippen MR) is 154 cm³/mol. The topological polar surface area (TPSA) is 147 Å². The van der Waals surface area contributed by atoms with E-state index in [1.54, 1.807) is 16.9 Å². The van der Waals surface area contributed by atoms with Crippen molar-refractivity contribution in [3.05, 3.63) is 64.5 Å². The Labute approximate surface area is 238 Å². The van der Waals surface area contributed by atoms with E-state index in [0.717, 1.165) is 17.9 Å². The van der Waals surface area contributed by atoms with Crippen LogP contribution < -0.4 is 10.3 Å². The lowest BCUT2D eigenvalue weighted by atomic mass is 10.1. The number of pyridine rings is 3. The summed E-state index contributed by atoms with van der Waals surface area (Å²) >= 11 is 0. The molecular formula is C28H35N7O5S. The Balaban J connectivity index is 1.58. The molecule has 0 aromatic carbocycles. The highest BCUT2D eigenvalue weighted by Gasteiger charge is 2.30. The zero-order valence-corrected chi connectivity index (χ0v) is 24.1. The van der Waals surface area contributed by atoms with Crippen molar-refractivity contribution in [1.82, 2.24) is 33.9 Å². The fourth-order valence-electron chi connectivity index (χ4n) is 5.04. The van der Waals surface area contributed by atoms with Gasteiger partial charge in [0.25, 0.3) is 5.56 Å². The summed E-state index contributed by atoms with van der Waals surface area (Å²) in [5, 5.41) is 14.5. The summed E-state index contributed by atoms with van der Waals surface area (Å²) in [6, 6.07) is 8.94. The van der Waals surface area contributed by atoms with E-state index in [1.807, 2.05) is 25.1 Å². The first-order valence-electron chi connectivity index (χ1n) is 13.8. The number of aromatic amines is 1. The maximum Gasteiger partial charge on any atom is 0.276 e. The van der Waals surface area contributed by atoms with Crippen molar-refractivity contribution in [3.63, 3.8) is 0 Å². The van der Waals surface area contributed by atoms with Crippen LogP contribution in [0.5, 0.6) is 5.88 Å². The third-order valence-corrected chi connectivity index (χ3v) is 9.16. The number of aromatic nitrogens is 5. The first-order chi connectivity index (χ1) is 19.8. The Morgan fingerprint density at radius 1 is 1.10 bits per heavy atom. The molecule has 12 nitrogen and oxygen atoms in total. The van der Waals surface area contributed by atoms with Crippen LogP contribution in [-0.4, -0.2) is 93.4 Å². The van der Waals surface area contributed by atoms with Crippen LogP contribution in [0.25, 0.3) is 22.2 Å². The third kappa shape index (κ3) is 6.03. The SMILES string of the molecule is CCc1c2cc(-c3cc(S(=O)(=O)N4CCN(CC)CC4)cnc3OCCCO)[nH]c(=O)c2nn1Cc1ccccn1. The number of nitrogens with zero attached hydrogens (tertiary/aromatic N) is 6. The Kier molecular flexibility index (Phi) is 8.78. The summed E-state index contributed by atoms with van der Waals surface area (Å²) in [7, 11) is -3.83. The van der Waals surface area contributed by atoms with E-state index in [0.29, 0.717) is 62.2 Å². The van der Waals surface area contributed by atoms with Gasteiger partial charge in [0, 0.05) is 56.5 Å². The second-order valence-electron chi connectivity index (χ2n) is 9.84. The molecule has 0 unspecified atom stereocenters. The molecule has 218 valence electrons. The van der Waals surface area contributed by atoms with E-state index >= 15 is 0 Å². The smallest absolute Gasteiger partial charge is 0.276 e. The monoisotopic (exact) mass is 581 g/mol. The first-order valence-corrected chi connectivity index (χ1v) is 15.3. The highest BCUT2D eigenvalue weighted by molar-refractivity contribution is 7.89. The van der Waals surface area contributed by atoms with Gasteiger partial charge in [0.2, 0.25) is 15.9 Å². The molecule has 0 radical (unpaired) electrons. The van der Waals surface area contributed by atoms with E-state index in [2.05, 4.69) is 31.9 Å². The van der Waals surface area contributed by atoms with Gasteiger partial charge in [0.15, 0.2) is 5.52 Å². The summed E-state index contributed by atoms with van der Waals surface area (Å²) in [6.45, 7) is 7.52. The van der Waals surface area contributed by atoms with E-state index in [4.69, 9.17) is 4.74 Å². The van der Waals surface area contributed by atoms with Crippen LogP contribution >= 0.6 is 0 Å². The Bertz CT molecular complexity index is 1660. The second kappa shape index (κ2) is 12.5. The molecule has 0 saturated carbocycles. The number of likely N-dealkylation sites (N-methyl/N-ethyl adjacent to an activating group) is 1. The molecule has 0 atom stereocenters. The van der Waals surface area contributed by atoms with Gasteiger partial charge < -0.3 is 19.7 Å². The molecule has 0 amide bonds. The van der Waals surface area contributed by atoms with Crippen LogP contribution in [0.4, 0.5) is 0 Å². The van der Waals surface area contributed by atoms with Crippen molar-refractivity contribution in [2.45, 2.75) is 38.1 Å². The highest BCUT2D eigenvalue weighted by atomic mass is 32.2. The number of aliphatic hydroxyl groups excluding tert-OH is 1. The number of rotatable bonds is 11. The fourth-order valence-corrected chi connectivity index (χ4v) is 6.43. The van der Waals surface area contributed by atoms with Crippen molar-refractivity contribution in [3.8, 4) is 17.1 Å². The Hall–Kier alpha value is -3.65. The average molecular weight is 582 g/mol. The molecule has 1 saturated heterocycles. The minimum atomic E-state index is -3.83. The van der Waals surface area contributed by atoms with Crippen LogP contribution in [0.2, 0.25) is 0 Å². The normalized spacial score (nSPS) is 15.0. The van der Waals surface area contributed by atoms with Crippen molar-refractivity contribution in [2.75, 3.05) is 45.9 Å². The molecule has 4 aromatic rings. The first kappa shape index (κ1) is 28.9. The number of aliphatic hydroxyl groups is 1. The maximum atomic E-state index is 13.6. The zero-order chi connectivity index (χ0) is 29.0. The lowest BCUT2D eigenvalue weighted by Gasteiger charge is -2.33. The number of piperazine rings is 1. The lowest BCUT2D eigenvalue weighted by Crippen LogP contribution is -2.48. The second-order valence-corrected chi connectivity index (χ2v) is 11.8. The molecule has 5 heterocycles. The summed E-state index contributed by atoms with van der Waals surface area (Å²) in [4.78, 5) is 27.1. The van der Waals surface area contributed by atoms with Gasteiger partial charge in [0.1, 0.15) is 4.90 Å². The van der Waals surface area contributed by atoms with Crippen LogP contribution in [0.1, 0.15) is 31.7 Å². The number of fused-ring (bicyclic) bond motifs is 1. The minimum Gasteiger partial charge on any atom is -0.477 e. The summed E-state index contributed by atoms with van der Waals surface area (Å²) < 4.78 is 36.3. The largest absolute Gasteiger partial charge is 0.477 e. The summed E-state index contributed by atoms with van der Waals surface area (Å²) in [5.41, 5.74) is 2.26. The molecule has 1 aliphatic rings. The van der Waals surface area contributed by atoms with Crippen molar-refractivity contribution in [2.24, 2.45) is 0 Å². The van der Waals surface area contributed by atoms with Gasteiger partial charge in [-0.1, -0.05) is 19.9 Å². The zero-order valence-electron chi connectivity index (χ0n) is 23.3. The Morgan fingerprint density at radius 2 is 1.90 bits per heavy atom. The standard InChI is InChI=1S/C28H35N7O5S/c1-3-25-23-17-24(31-27(37)26(23)32-35(25)19-20-8-5-6-9-29-20)22-16-21(18-30-28(22)40-15-7-14-36)41(38,39)34-12-10-33(4-2)11-13-34/h5-6,8-9,16-18,36H,3-4,7,10-15,19H2,1-2H3,(H,31,37). The van der Waals surface area contributed by atoms with E-state index < -0.39 is 15.6 Å². The molecular weight excluding hydrogens is 546 g/mol. The van der Waals surface area contributed by atoms with Gasteiger partial charge in [0.05, 0.1) is 36.3 Å². The predicted octanol–water partition coefficient (Wildman–Crippen LogP) is 1.88. The van der Waals surface area contributed by atoms with Crippen molar-refractivity contribution >= 4 is 20.9 Å². The Morgan fingerprint density at radius 3 is 2.59 bits per heavy atom. The molecule has 0 bridgehead atoms. The lowest BCUT2D eigenvalue weighted by molar-refractivity contribution is 0.196. The van der Waals surface area contributed by atoms with Gasteiger partial charge in [-0.25, -0.2) is 13.4 Å². The van der Waals surface area contributed by atoms with Gasteiger partial charge in [-0.05, 0) is 37.2 Å². The van der Waals surface area contributed by atoms with E-state index in [-0.39, 0.29) is 29.5 Å². The summed E-state index contributed by atoms with van der Waals surface area (Å²) in [6.07, 6.45) is 3.99. The number of aryl methyl sites for hydroxylation is 1.